The van der Waals surface area contributed by atoms with Crippen LogP contribution < -0.4 is 10.6 Å². The number of amides is 1. The number of aryl methyl sites for hydroxylation is 1. The van der Waals surface area contributed by atoms with Crippen molar-refractivity contribution in [2.75, 3.05) is 17.2 Å². The second kappa shape index (κ2) is 3.70. The fourth-order valence-electron chi connectivity index (χ4n) is 1.66. The number of carbonyl (C=O) groups is 1. The third kappa shape index (κ3) is 1.71. The molecule has 0 unspecified atom stereocenters. The molecule has 1 aliphatic heterocycles. The van der Waals surface area contributed by atoms with Gasteiger partial charge < -0.3 is 10.6 Å². The number of carbonyl (C=O) groups excluding carboxylic acids is 1. The lowest BCUT2D eigenvalue weighted by atomic mass is 10.1. The fraction of sp³-hybridized carbons (Fsp3) is 0.364. The van der Waals surface area contributed by atoms with Crippen molar-refractivity contribution in [1.29, 1.82) is 0 Å². The van der Waals surface area contributed by atoms with Crippen molar-refractivity contribution in [3.63, 3.8) is 0 Å². The van der Waals surface area contributed by atoms with Crippen molar-refractivity contribution < 1.29 is 4.79 Å². The van der Waals surface area contributed by atoms with E-state index in [1.165, 1.54) is 5.56 Å². The lowest BCUT2D eigenvalue weighted by molar-refractivity contribution is -0.114. The van der Waals surface area contributed by atoms with Crippen LogP contribution in [0.2, 0.25) is 0 Å². The molecule has 1 aliphatic rings. The topological polar surface area (TPSA) is 41.1 Å². The molecule has 3 nitrogen and oxygen atoms in total. The summed E-state index contributed by atoms with van der Waals surface area (Å²) in [5.74, 6) is 0.0335. The molecule has 2 N–H and O–H groups in total. The van der Waals surface area contributed by atoms with Gasteiger partial charge in [0, 0.05) is 0 Å². The molecule has 2 rings (SSSR count). The minimum atomic E-state index is 0.0335. The molecule has 14 heavy (non-hydrogen) atoms. The van der Waals surface area contributed by atoms with Gasteiger partial charge in [0.25, 0.3) is 0 Å². The molecule has 0 atom stereocenters. The van der Waals surface area contributed by atoms with Crippen molar-refractivity contribution >= 4 is 17.3 Å². The Balaban J connectivity index is 2.28. The number of fused-ring (bicyclic) bond motifs is 1. The smallest absolute Gasteiger partial charge is 0.243 e. The Bertz CT molecular complexity index is 360. The molecular formula is C11H14N2O. The summed E-state index contributed by atoms with van der Waals surface area (Å²) in [6.45, 7) is 2.52. The summed E-state index contributed by atoms with van der Waals surface area (Å²) in [6, 6.07) is 6.18. The van der Waals surface area contributed by atoms with Crippen LogP contribution in [0, 0.1) is 0 Å². The van der Waals surface area contributed by atoms with E-state index in [1.54, 1.807) is 0 Å². The maximum absolute atomic E-state index is 11.1. The molecule has 0 fully saturated rings. The van der Waals surface area contributed by atoms with Crippen LogP contribution in [0.4, 0.5) is 11.4 Å². The molecule has 0 radical (unpaired) electrons. The van der Waals surface area contributed by atoms with Crippen LogP contribution in [0.15, 0.2) is 18.2 Å². The normalized spacial score (nSPS) is 14.2. The zero-order valence-electron chi connectivity index (χ0n) is 8.26. The Labute approximate surface area is 83.5 Å². The molecule has 74 valence electrons. The van der Waals surface area contributed by atoms with Gasteiger partial charge in [0.2, 0.25) is 5.91 Å². The summed E-state index contributed by atoms with van der Waals surface area (Å²) in [4.78, 5) is 11.1. The van der Waals surface area contributed by atoms with Crippen LogP contribution in [-0.4, -0.2) is 12.5 Å². The summed E-state index contributed by atoms with van der Waals surface area (Å²) < 4.78 is 0. The largest absolute Gasteiger partial charge is 0.374 e. The first-order valence-electron chi connectivity index (χ1n) is 4.96. The van der Waals surface area contributed by atoms with Crippen LogP contribution >= 0.6 is 0 Å². The van der Waals surface area contributed by atoms with E-state index in [1.807, 2.05) is 12.1 Å². The first-order valence-corrected chi connectivity index (χ1v) is 4.96. The summed E-state index contributed by atoms with van der Waals surface area (Å²) in [7, 11) is 0. The Morgan fingerprint density at radius 1 is 1.36 bits per heavy atom. The quantitative estimate of drug-likeness (QED) is 0.749. The molecule has 0 aliphatic carbocycles. The average molecular weight is 190 g/mol. The first kappa shape index (κ1) is 9.06. The highest BCUT2D eigenvalue weighted by Crippen LogP contribution is 2.26. The van der Waals surface area contributed by atoms with Gasteiger partial charge in [0.1, 0.15) is 0 Å². The van der Waals surface area contributed by atoms with Crippen LogP contribution in [-0.2, 0) is 11.2 Å². The van der Waals surface area contributed by atoms with Crippen molar-refractivity contribution in [2.45, 2.75) is 19.8 Å². The van der Waals surface area contributed by atoms with Crippen molar-refractivity contribution in [2.24, 2.45) is 0 Å². The SMILES string of the molecule is CCCc1ccc2c(c1)NC(=O)CN2. The Morgan fingerprint density at radius 3 is 3.00 bits per heavy atom. The number of nitrogens with one attached hydrogen (secondary N) is 2. The third-order valence-corrected chi connectivity index (χ3v) is 2.34. The van der Waals surface area contributed by atoms with Crippen LogP contribution in [0.1, 0.15) is 18.9 Å². The van der Waals surface area contributed by atoms with Crippen LogP contribution in [0.5, 0.6) is 0 Å². The van der Waals surface area contributed by atoms with Crippen molar-refractivity contribution in [3.8, 4) is 0 Å². The molecule has 1 amide bonds. The van der Waals surface area contributed by atoms with Gasteiger partial charge >= 0.3 is 0 Å². The van der Waals surface area contributed by atoms with Gasteiger partial charge in [-0.1, -0.05) is 19.4 Å². The molecular weight excluding hydrogens is 176 g/mol. The number of rotatable bonds is 2. The number of hydrogen-bond donors (Lipinski definition) is 2. The molecule has 1 heterocycles. The van der Waals surface area contributed by atoms with E-state index in [2.05, 4.69) is 23.6 Å². The molecule has 0 aromatic heterocycles. The van der Waals surface area contributed by atoms with Gasteiger partial charge in [-0.15, -0.1) is 0 Å². The van der Waals surface area contributed by atoms with Gasteiger partial charge in [-0.05, 0) is 24.1 Å². The Morgan fingerprint density at radius 2 is 2.21 bits per heavy atom. The molecule has 0 bridgehead atoms. The highest BCUT2D eigenvalue weighted by molar-refractivity contribution is 6.00. The lowest BCUT2D eigenvalue weighted by Crippen LogP contribution is -2.27. The number of anilines is 2. The van der Waals surface area contributed by atoms with E-state index in [9.17, 15) is 4.79 Å². The molecule has 0 saturated heterocycles. The first-order chi connectivity index (χ1) is 6.79. The second-order valence-electron chi connectivity index (χ2n) is 3.53. The fourth-order valence-corrected chi connectivity index (χ4v) is 1.66. The molecule has 0 spiro atoms. The average Bonchev–Trinajstić information content (AvgIpc) is 2.17. The maximum atomic E-state index is 11.1. The van der Waals surface area contributed by atoms with Gasteiger partial charge in [-0.3, -0.25) is 4.79 Å². The summed E-state index contributed by atoms with van der Waals surface area (Å²) >= 11 is 0. The maximum Gasteiger partial charge on any atom is 0.243 e. The van der Waals surface area contributed by atoms with Crippen molar-refractivity contribution in [1.82, 2.24) is 0 Å². The third-order valence-electron chi connectivity index (χ3n) is 2.34. The van der Waals surface area contributed by atoms with E-state index < -0.39 is 0 Å². The van der Waals surface area contributed by atoms with Crippen molar-refractivity contribution in [3.05, 3.63) is 23.8 Å². The van der Waals surface area contributed by atoms with Crippen LogP contribution in [0.25, 0.3) is 0 Å². The van der Waals surface area contributed by atoms with E-state index >= 15 is 0 Å². The minimum absolute atomic E-state index is 0.0335. The Kier molecular flexibility index (Phi) is 2.39. The highest BCUT2D eigenvalue weighted by Gasteiger charge is 2.13. The van der Waals surface area contributed by atoms with E-state index in [-0.39, 0.29) is 5.91 Å². The molecule has 1 aromatic carbocycles. The summed E-state index contributed by atoms with van der Waals surface area (Å²) in [6.07, 6.45) is 2.18. The van der Waals surface area contributed by atoms with Crippen LogP contribution in [0.3, 0.4) is 0 Å². The summed E-state index contributed by atoms with van der Waals surface area (Å²) in [5, 5.41) is 5.93. The zero-order chi connectivity index (χ0) is 9.97. The predicted molar refractivity (Wildman–Crippen MR) is 57.6 cm³/mol. The number of benzene rings is 1. The van der Waals surface area contributed by atoms with Gasteiger partial charge in [0.15, 0.2) is 0 Å². The van der Waals surface area contributed by atoms with Gasteiger partial charge in [-0.2, -0.15) is 0 Å². The van der Waals surface area contributed by atoms with E-state index in [0.29, 0.717) is 6.54 Å². The Hall–Kier alpha value is -1.51. The van der Waals surface area contributed by atoms with Gasteiger partial charge in [-0.25, -0.2) is 0 Å². The van der Waals surface area contributed by atoms with Gasteiger partial charge in [0.05, 0.1) is 17.9 Å². The predicted octanol–water partition coefficient (Wildman–Crippen LogP) is 2.00. The monoisotopic (exact) mass is 190 g/mol. The molecule has 0 saturated carbocycles. The standard InChI is InChI=1S/C11H14N2O/c1-2-3-8-4-5-9-10(6-8)13-11(14)7-12-9/h4-6,12H,2-3,7H2,1H3,(H,13,14). The second-order valence-corrected chi connectivity index (χ2v) is 3.53. The molecule has 3 heteroatoms. The van der Waals surface area contributed by atoms with E-state index in [0.717, 1.165) is 24.2 Å². The summed E-state index contributed by atoms with van der Waals surface area (Å²) in [5.41, 5.74) is 3.20. The van der Waals surface area contributed by atoms with E-state index in [4.69, 9.17) is 0 Å². The number of hydrogen-bond acceptors (Lipinski definition) is 2. The highest BCUT2D eigenvalue weighted by atomic mass is 16.2. The lowest BCUT2D eigenvalue weighted by Gasteiger charge is -2.19. The molecule has 1 aromatic rings. The zero-order valence-corrected chi connectivity index (χ0v) is 8.26. The minimum Gasteiger partial charge on any atom is -0.374 e.